The lowest BCUT2D eigenvalue weighted by Gasteiger charge is -2.02. The zero-order chi connectivity index (χ0) is 14.2. The summed E-state index contributed by atoms with van der Waals surface area (Å²) in [5.41, 5.74) is 0.213. The van der Waals surface area contributed by atoms with Gasteiger partial charge < -0.3 is 5.11 Å². The van der Waals surface area contributed by atoms with Gasteiger partial charge in [0, 0.05) is 12.3 Å². The minimum absolute atomic E-state index is 0.0482. The van der Waals surface area contributed by atoms with E-state index in [-0.39, 0.29) is 17.1 Å². The maximum absolute atomic E-state index is 10.9. The Labute approximate surface area is 115 Å². The second kappa shape index (κ2) is 4.76. The van der Waals surface area contributed by atoms with Crippen molar-refractivity contribution in [2.45, 2.75) is 6.92 Å². The third-order valence-electron chi connectivity index (χ3n) is 2.36. The van der Waals surface area contributed by atoms with Crippen molar-refractivity contribution in [1.29, 1.82) is 0 Å². The minimum atomic E-state index is -1.10. The summed E-state index contributed by atoms with van der Waals surface area (Å²) in [5, 5.41) is 23.5. The molecule has 0 saturated carbocycles. The van der Waals surface area contributed by atoms with Crippen LogP contribution in [0.2, 0.25) is 0 Å². The SMILES string of the molecule is Cc1nn(-c2ncc([N+](=O)[O-])cc2Br)cc1C(=O)O. The molecule has 8 nitrogen and oxygen atoms in total. The number of aryl methyl sites for hydroxylation is 1. The number of carbonyl (C=O) groups is 1. The van der Waals surface area contributed by atoms with Crippen LogP contribution in [0.4, 0.5) is 5.69 Å². The van der Waals surface area contributed by atoms with E-state index in [0.717, 1.165) is 6.20 Å². The van der Waals surface area contributed by atoms with Crippen molar-refractivity contribution >= 4 is 27.6 Å². The predicted molar refractivity (Wildman–Crippen MR) is 67.4 cm³/mol. The summed E-state index contributed by atoms with van der Waals surface area (Å²) in [4.78, 5) is 24.8. The number of nitrogens with zero attached hydrogens (tertiary/aromatic N) is 4. The van der Waals surface area contributed by atoms with E-state index in [2.05, 4.69) is 26.0 Å². The molecule has 0 saturated heterocycles. The van der Waals surface area contributed by atoms with Gasteiger partial charge in [-0.25, -0.2) is 14.5 Å². The zero-order valence-electron chi connectivity index (χ0n) is 9.57. The molecule has 0 bridgehead atoms. The summed E-state index contributed by atoms with van der Waals surface area (Å²) in [6, 6.07) is 1.28. The average molecular weight is 327 g/mol. The second-order valence-corrected chi connectivity index (χ2v) is 4.49. The maximum atomic E-state index is 10.9. The molecule has 0 aliphatic carbocycles. The van der Waals surface area contributed by atoms with Crippen molar-refractivity contribution in [2.75, 3.05) is 0 Å². The molecule has 98 valence electrons. The summed E-state index contributed by atoms with van der Waals surface area (Å²) < 4.78 is 1.60. The van der Waals surface area contributed by atoms with Crippen molar-refractivity contribution in [2.24, 2.45) is 0 Å². The summed E-state index contributed by atoms with van der Waals surface area (Å²) >= 11 is 3.15. The van der Waals surface area contributed by atoms with Gasteiger partial charge in [0.25, 0.3) is 5.69 Å². The van der Waals surface area contributed by atoms with Crippen LogP contribution in [0.1, 0.15) is 16.1 Å². The van der Waals surface area contributed by atoms with E-state index in [0.29, 0.717) is 10.2 Å². The van der Waals surface area contributed by atoms with Gasteiger partial charge in [0.15, 0.2) is 5.82 Å². The molecule has 0 amide bonds. The van der Waals surface area contributed by atoms with E-state index in [1.807, 2.05) is 0 Å². The average Bonchev–Trinajstić information content (AvgIpc) is 2.71. The molecule has 0 unspecified atom stereocenters. The fourth-order valence-electron chi connectivity index (χ4n) is 1.47. The number of carboxylic acids is 1. The molecule has 0 aliphatic heterocycles. The minimum Gasteiger partial charge on any atom is -0.478 e. The Balaban J connectivity index is 2.50. The summed E-state index contributed by atoms with van der Waals surface area (Å²) in [7, 11) is 0. The number of hydrogen-bond acceptors (Lipinski definition) is 5. The van der Waals surface area contributed by atoms with Crippen LogP contribution >= 0.6 is 15.9 Å². The molecule has 0 fully saturated rings. The standard InChI is InChI=1S/C10H7BrN4O4/c1-5-7(10(16)17)4-14(13-5)9-8(11)2-6(3-12-9)15(18)19/h2-4H,1H3,(H,16,17). The number of aromatic carboxylic acids is 1. The van der Waals surface area contributed by atoms with Crippen molar-refractivity contribution in [3.63, 3.8) is 0 Å². The monoisotopic (exact) mass is 326 g/mol. The zero-order valence-corrected chi connectivity index (χ0v) is 11.2. The molecule has 2 aromatic rings. The summed E-state index contributed by atoms with van der Waals surface area (Å²) in [5.74, 6) is -0.817. The molecule has 2 aromatic heterocycles. The molecular formula is C10H7BrN4O4. The van der Waals surface area contributed by atoms with Gasteiger partial charge in [-0.3, -0.25) is 10.1 Å². The van der Waals surface area contributed by atoms with Crippen LogP contribution in [-0.2, 0) is 0 Å². The van der Waals surface area contributed by atoms with E-state index in [9.17, 15) is 14.9 Å². The third kappa shape index (κ3) is 2.45. The molecule has 0 atom stereocenters. The lowest BCUT2D eigenvalue weighted by molar-refractivity contribution is -0.385. The van der Waals surface area contributed by atoms with Gasteiger partial charge in [0.2, 0.25) is 0 Å². The maximum Gasteiger partial charge on any atom is 0.339 e. The fourth-order valence-corrected chi connectivity index (χ4v) is 1.99. The molecule has 19 heavy (non-hydrogen) atoms. The molecule has 0 aliphatic rings. The number of nitro groups is 1. The number of pyridine rings is 1. The Hall–Kier alpha value is -2.29. The van der Waals surface area contributed by atoms with Gasteiger partial charge in [0.1, 0.15) is 11.8 Å². The molecular weight excluding hydrogens is 320 g/mol. The number of carboxylic acid groups (broad SMARTS) is 1. The predicted octanol–water partition coefficient (Wildman–Crippen LogP) is 1.94. The lowest BCUT2D eigenvalue weighted by atomic mass is 10.3. The van der Waals surface area contributed by atoms with Crippen LogP contribution in [0.5, 0.6) is 0 Å². The Bertz CT molecular complexity index is 682. The second-order valence-electron chi connectivity index (χ2n) is 3.63. The van der Waals surface area contributed by atoms with Crippen LogP contribution in [0.3, 0.4) is 0 Å². The number of halogens is 1. The highest BCUT2D eigenvalue weighted by atomic mass is 79.9. The smallest absolute Gasteiger partial charge is 0.339 e. The summed E-state index contributed by atoms with van der Waals surface area (Å²) in [6.07, 6.45) is 2.38. The van der Waals surface area contributed by atoms with Crippen molar-refractivity contribution in [1.82, 2.24) is 14.8 Å². The first-order valence-corrected chi connectivity index (χ1v) is 5.79. The number of aromatic nitrogens is 3. The van der Waals surface area contributed by atoms with Crippen LogP contribution in [0.25, 0.3) is 5.82 Å². The van der Waals surface area contributed by atoms with Crippen molar-refractivity contribution in [3.05, 3.63) is 44.3 Å². The van der Waals surface area contributed by atoms with Gasteiger partial charge >= 0.3 is 5.97 Å². The van der Waals surface area contributed by atoms with E-state index in [4.69, 9.17) is 5.11 Å². The Morgan fingerprint density at radius 2 is 2.26 bits per heavy atom. The molecule has 2 heterocycles. The first-order valence-electron chi connectivity index (χ1n) is 5.00. The quantitative estimate of drug-likeness (QED) is 0.681. The van der Waals surface area contributed by atoms with Gasteiger partial charge in [-0.15, -0.1) is 0 Å². The van der Waals surface area contributed by atoms with Gasteiger partial charge in [-0.05, 0) is 22.9 Å². The van der Waals surface area contributed by atoms with Crippen molar-refractivity contribution in [3.8, 4) is 5.82 Å². The van der Waals surface area contributed by atoms with E-state index < -0.39 is 10.9 Å². The highest BCUT2D eigenvalue weighted by Gasteiger charge is 2.16. The van der Waals surface area contributed by atoms with Crippen LogP contribution < -0.4 is 0 Å². The molecule has 9 heteroatoms. The molecule has 0 spiro atoms. The van der Waals surface area contributed by atoms with Gasteiger partial charge in [0.05, 0.1) is 15.1 Å². The topological polar surface area (TPSA) is 111 Å². The number of hydrogen-bond donors (Lipinski definition) is 1. The van der Waals surface area contributed by atoms with Gasteiger partial charge in [-0.2, -0.15) is 5.10 Å². The Morgan fingerprint density at radius 3 is 2.74 bits per heavy atom. The molecule has 0 radical (unpaired) electrons. The first kappa shape index (κ1) is 13.1. The van der Waals surface area contributed by atoms with E-state index >= 15 is 0 Å². The Kier molecular flexibility index (Phi) is 3.30. The van der Waals surface area contributed by atoms with E-state index in [1.54, 1.807) is 6.92 Å². The van der Waals surface area contributed by atoms with Gasteiger partial charge in [-0.1, -0.05) is 0 Å². The summed E-state index contributed by atoms with van der Waals surface area (Å²) in [6.45, 7) is 1.55. The third-order valence-corrected chi connectivity index (χ3v) is 2.95. The van der Waals surface area contributed by atoms with E-state index in [1.165, 1.54) is 16.9 Å². The molecule has 2 rings (SSSR count). The molecule has 1 N–H and O–H groups in total. The number of rotatable bonds is 3. The van der Waals surface area contributed by atoms with Crippen LogP contribution in [0.15, 0.2) is 22.9 Å². The molecule has 0 aromatic carbocycles. The normalized spacial score (nSPS) is 10.4. The highest BCUT2D eigenvalue weighted by molar-refractivity contribution is 9.10. The van der Waals surface area contributed by atoms with Crippen LogP contribution in [0, 0.1) is 17.0 Å². The van der Waals surface area contributed by atoms with Crippen molar-refractivity contribution < 1.29 is 14.8 Å². The largest absolute Gasteiger partial charge is 0.478 e. The Morgan fingerprint density at radius 1 is 1.58 bits per heavy atom. The van der Waals surface area contributed by atoms with Crippen LogP contribution in [-0.4, -0.2) is 30.8 Å². The lowest BCUT2D eigenvalue weighted by Crippen LogP contribution is -2.01. The fraction of sp³-hybridized carbons (Fsp3) is 0.100. The first-order chi connectivity index (χ1) is 8.90. The highest BCUT2D eigenvalue weighted by Crippen LogP contribution is 2.23.